The maximum Gasteiger partial charge on any atom is 0.707 e. The molecule has 3 nitrogen and oxygen atoms in total. The average Bonchev–Trinajstić information content (AvgIpc) is 2.26. The monoisotopic (exact) mass is 220 g/mol. The Labute approximate surface area is 96.6 Å². The number of aryl methyl sites for hydroxylation is 1. The maximum absolute atomic E-state index is 8.60. The van der Waals surface area contributed by atoms with Crippen LogP contribution < -0.4 is 4.65 Å². The molecule has 2 N–H and O–H groups in total. The van der Waals surface area contributed by atoms with E-state index in [1.165, 1.54) is 5.56 Å². The summed E-state index contributed by atoms with van der Waals surface area (Å²) in [6, 6.07) is 7.35. The van der Waals surface area contributed by atoms with E-state index in [9.17, 15) is 0 Å². The SMILES string of the molecule is C=CCCCCc1ccc(OB(O)O)cc1. The summed E-state index contributed by atoms with van der Waals surface area (Å²) in [6.07, 6.45) is 6.29. The summed E-state index contributed by atoms with van der Waals surface area (Å²) in [5, 5.41) is 17.2. The minimum atomic E-state index is -1.75. The van der Waals surface area contributed by atoms with E-state index >= 15 is 0 Å². The summed E-state index contributed by atoms with van der Waals surface area (Å²) >= 11 is 0. The van der Waals surface area contributed by atoms with Crippen molar-refractivity contribution >= 4 is 7.32 Å². The van der Waals surface area contributed by atoms with Gasteiger partial charge < -0.3 is 14.7 Å². The second kappa shape index (κ2) is 7.09. The molecule has 16 heavy (non-hydrogen) atoms. The van der Waals surface area contributed by atoms with Crippen molar-refractivity contribution in [2.75, 3.05) is 0 Å². The van der Waals surface area contributed by atoms with Crippen LogP contribution in [0.5, 0.6) is 5.75 Å². The highest BCUT2D eigenvalue weighted by Gasteiger charge is 2.10. The van der Waals surface area contributed by atoms with Gasteiger partial charge in [0.1, 0.15) is 5.75 Å². The lowest BCUT2D eigenvalue weighted by Crippen LogP contribution is -2.20. The molecule has 4 heteroatoms. The minimum absolute atomic E-state index is 0.463. The molecule has 1 aromatic carbocycles. The second-order valence-electron chi connectivity index (χ2n) is 3.62. The zero-order valence-corrected chi connectivity index (χ0v) is 9.30. The molecule has 0 bridgehead atoms. The number of unbranched alkanes of at least 4 members (excludes halogenated alkanes) is 2. The third-order valence-corrected chi connectivity index (χ3v) is 2.29. The molecular formula is C12H17BO3. The van der Waals surface area contributed by atoms with E-state index in [1.807, 2.05) is 18.2 Å². The Kier molecular flexibility index (Phi) is 5.68. The van der Waals surface area contributed by atoms with E-state index < -0.39 is 7.32 Å². The van der Waals surface area contributed by atoms with Crippen LogP contribution in [0, 0.1) is 0 Å². The molecule has 0 amide bonds. The molecule has 0 radical (unpaired) electrons. The van der Waals surface area contributed by atoms with Gasteiger partial charge in [0.25, 0.3) is 0 Å². The van der Waals surface area contributed by atoms with Crippen molar-refractivity contribution in [1.29, 1.82) is 0 Å². The van der Waals surface area contributed by atoms with Gasteiger partial charge in [-0.05, 0) is 43.4 Å². The molecule has 0 heterocycles. The zero-order chi connectivity index (χ0) is 11.8. The van der Waals surface area contributed by atoms with Crippen LogP contribution in [0.1, 0.15) is 24.8 Å². The van der Waals surface area contributed by atoms with Crippen molar-refractivity contribution in [3.63, 3.8) is 0 Å². The van der Waals surface area contributed by atoms with Crippen molar-refractivity contribution in [2.45, 2.75) is 25.7 Å². The molecule has 0 fully saturated rings. The third-order valence-electron chi connectivity index (χ3n) is 2.29. The lowest BCUT2D eigenvalue weighted by Gasteiger charge is -2.05. The number of hydrogen-bond acceptors (Lipinski definition) is 3. The molecule has 1 rings (SSSR count). The summed E-state index contributed by atoms with van der Waals surface area (Å²) in [7, 11) is -1.75. The molecule has 0 saturated heterocycles. The van der Waals surface area contributed by atoms with Gasteiger partial charge in [0.15, 0.2) is 0 Å². The molecule has 86 valence electrons. The van der Waals surface area contributed by atoms with Crippen molar-refractivity contribution in [3.05, 3.63) is 42.5 Å². The predicted octanol–water partition coefficient (Wildman–Crippen LogP) is 1.93. The average molecular weight is 220 g/mol. The van der Waals surface area contributed by atoms with Crippen LogP contribution >= 0.6 is 0 Å². The third kappa shape index (κ3) is 5.00. The van der Waals surface area contributed by atoms with Gasteiger partial charge in [-0.2, -0.15) is 0 Å². The Bertz CT molecular complexity index is 309. The fourth-order valence-corrected chi connectivity index (χ4v) is 1.47. The zero-order valence-electron chi connectivity index (χ0n) is 9.30. The Morgan fingerprint density at radius 1 is 1.19 bits per heavy atom. The first-order valence-electron chi connectivity index (χ1n) is 5.45. The van der Waals surface area contributed by atoms with Gasteiger partial charge in [-0.15, -0.1) is 6.58 Å². The Balaban J connectivity index is 2.36. The van der Waals surface area contributed by atoms with Gasteiger partial charge in [-0.1, -0.05) is 18.2 Å². The molecule has 0 spiro atoms. The first-order valence-corrected chi connectivity index (χ1v) is 5.45. The molecule has 1 aromatic rings. The van der Waals surface area contributed by atoms with Gasteiger partial charge in [0.2, 0.25) is 0 Å². The molecule has 0 aliphatic heterocycles. The quantitative estimate of drug-likeness (QED) is 0.419. The van der Waals surface area contributed by atoms with E-state index in [0.29, 0.717) is 5.75 Å². The van der Waals surface area contributed by atoms with Gasteiger partial charge in [0.05, 0.1) is 0 Å². The lowest BCUT2D eigenvalue weighted by molar-refractivity contribution is 0.288. The van der Waals surface area contributed by atoms with Crippen molar-refractivity contribution in [1.82, 2.24) is 0 Å². The Morgan fingerprint density at radius 2 is 1.88 bits per heavy atom. The van der Waals surface area contributed by atoms with E-state index in [1.54, 1.807) is 12.1 Å². The normalized spacial score (nSPS) is 9.88. The Hall–Kier alpha value is -1.26. The van der Waals surface area contributed by atoms with E-state index in [-0.39, 0.29) is 0 Å². The molecule has 0 unspecified atom stereocenters. The Morgan fingerprint density at radius 3 is 2.44 bits per heavy atom. The van der Waals surface area contributed by atoms with Crippen LogP contribution in [0.15, 0.2) is 36.9 Å². The van der Waals surface area contributed by atoms with Crippen LogP contribution in [-0.4, -0.2) is 17.4 Å². The first kappa shape index (κ1) is 12.8. The van der Waals surface area contributed by atoms with Crippen LogP contribution in [0.25, 0.3) is 0 Å². The molecule has 0 atom stereocenters. The van der Waals surface area contributed by atoms with Gasteiger partial charge in [0, 0.05) is 0 Å². The van der Waals surface area contributed by atoms with Gasteiger partial charge in [-0.3, -0.25) is 0 Å². The first-order chi connectivity index (χ1) is 7.72. The number of hydrogen-bond donors (Lipinski definition) is 2. The highest BCUT2D eigenvalue weighted by atomic mass is 16.6. The largest absolute Gasteiger partial charge is 0.707 e. The molecule has 0 aliphatic carbocycles. The van der Waals surface area contributed by atoms with Crippen LogP contribution in [-0.2, 0) is 6.42 Å². The predicted molar refractivity (Wildman–Crippen MR) is 65.0 cm³/mol. The van der Waals surface area contributed by atoms with E-state index in [2.05, 4.69) is 6.58 Å². The van der Waals surface area contributed by atoms with Crippen LogP contribution in [0.3, 0.4) is 0 Å². The van der Waals surface area contributed by atoms with Gasteiger partial charge in [-0.25, -0.2) is 0 Å². The molecule has 0 saturated carbocycles. The number of allylic oxidation sites excluding steroid dienone is 1. The summed E-state index contributed by atoms with van der Waals surface area (Å²) in [4.78, 5) is 0. The summed E-state index contributed by atoms with van der Waals surface area (Å²) in [5.41, 5.74) is 1.23. The second-order valence-corrected chi connectivity index (χ2v) is 3.62. The van der Waals surface area contributed by atoms with Crippen molar-refractivity contribution < 1.29 is 14.7 Å². The summed E-state index contributed by atoms with van der Waals surface area (Å²) in [6.45, 7) is 3.68. The molecular weight excluding hydrogens is 203 g/mol. The maximum atomic E-state index is 8.60. The number of rotatable bonds is 7. The lowest BCUT2D eigenvalue weighted by atomic mass is 10.1. The van der Waals surface area contributed by atoms with Crippen LogP contribution in [0.2, 0.25) is 0 Å². The van der Waals surface area contributed by atoms with Crippen LogP contribution in [0.4, 0.5) is 0 Å². The molecule has 0 aliphatic rings. The smallest absolute Gasteiger partial charge is 0.512 e. The van der Waals surface area contributed by atoms with Crippen molar-refractivity contribution in [2.24, 2.45) is 0 Å². The fourth-order valence-electron chi connectivity index (χ4n) is 1.47. The summed E-state index contributed by atoms with van der Waals surface area (Å²) < 4.78 is 4.71. The number of benzene rings is 1. The highest BCUT2D eigenvalue weighted by Crippen LogP contribution is 2.14. The minimum Gasteiger partial charge on any atom is -0.512 e. The van der Waals surface area contributed by atoms with E-state index in [4.69, 9.17) is 14.7 Å². The molecule has 0 aromatic heterocycles. The standard InChI is InChI=1S/C12H17BO3/c1-2-3-4-5-6-11-7-9-12(10-8-11)16-13(14)15/h2,7-10,14-15H,1,3-6H2. The fraction of sp³-hybridized carbons (Fsp3) is 0.333. The highest BCUT2D eigenvalue weighted by molar-refractivity contribution is 6.33. The van der Waals surface area contributed by atoms with Gasteiger partial charge >= 0.3 is 7.32 Å². The summed E-state index contributed by atoms with van der Waals surface area (Å²) in [5.74, 6) is 0.463. The van der Waals surface area contributed by atoms with E-state index in [0.717, 1.165) is 25.7 Å². The topological polar surface area (TPSA) is 49.7 Å². The van der Waals surface area contributed by atoms with Crippen molar-refractivity contribution in [3.8, 4) is 5.75 Å².